The van der Waals surface area contributed by atoms with Crippen LogP contribution in [0.2, 0.25) is 0 Å². The summed E-state index contributed by atoms with van der Waals surface area (Å²) < 4.78 is 24.9. The van der Waals surface area contributed by atoms with Crippen molar-refractivity contribution in [2.24, 2.45) is 0 Å². The smallest absolute Gasteiger partial charge is 0.330 e. The summed E-state index contributed by atoms with van der Waals surface area (Å²) in [6, 6.07) is 6.10. The number of amides is 2. The van der Waals surface area contributed by atoms with Crippen LogP contribution in [-0.2, 0) is 47.7 Å². The van der Waals surface area contributed by atoms with Gasteiger partial charge in [-0.25, -0.2) is 4.79 Å². The Labute approximate surface area is 266 Å². The van der Waals surface area contributed by atoms with Gasteiger partial charge in [0.1, 0.15) is 50.6 Å². The lowest BCUT2D eigenvalue weighted by atomic mass is 9.97. The number of Topliss-reactive ketones (excluding diaryl/α,β-unsaturated/α-hetero) is 1. The molecule has 0 fully saturated rings. The monoisotopic (exact) mass is 650 g/mol. The van der Waals surface area contributed by atoms with Crippen molar-refractivity contribution in [3.63, 3.8) is 0 Å². The van der Waals surface area contributed by atoms with Gasteiger partial charge in [0.2, 0.25) is 11.8 Å². The zero-order valence-corrected chi connectivity index (χ0v) is 26.1. The second kappa shape index (κ2) is 21.8. The molecule has 0 saturated carbocycles. The predicted molar refractivity (Wildman–Crippen MR) is 160 cm³/mol. The van der Waals surface area contributed by atoms with E-state index in [1.165, 1.54) is 26.0 Å². The Morgan fingerprint density at radius 2 is 1.24 bits per heavy atom. The van der Waals surface area contributed by atoms with Gasteiger partial charge in [-0.1, -0.05) is 6.58 Å². The zero-order valence-electron chi connectivity index (χ0n) is 26.1. The van der Waals surface area contributed by atoms with Gasteiger partial charge in [-0.15, -0.1) is 0 Å². The summed E-state index contributed by atoms with van der Waals surface area (Å²) in [7, 11) is 0. The van der Waals surface area contributed by atoms with Gasteiger partial charge in [0.25, 0.3) is 0 Å². The van der Waals surface area contributed by atoms with Crippen molar-refractivity contribution in [3.05, 3.63) is 42.5 Å². The average molecular weight is 651 g/mol. The van der Waals surface area contributed by atoms with Gasteiger partial charge in [-0.2, -0.15) is 0 Å². The summed E-state index contributed by atoms with van der Waals surface area (Å²) in [6.07, 6.45) is 1.70. The van der Waals surface area contributed by atoms with Gasteiger partial charge >= 0.3 is 23.9 Å². The Morgan fingerprint density at radius 3 is 1.80 bits per heavy atom. The van der Waals surface area contributed by atoms with E-state index in [0.717, 1.165) is 6.08 Å². The highest BCUT2D eigenvalue weighted by Crippen LogP contribution is 2.17. The van der Waals surface area contributed by atoms with E-state index in [0.29, 0.717) is 30.6 Å². The highest BCUT2D eigenvalue weighted by atomic mass is 16.6. The summed E-state index contributed by atoms with van der Waals surface area (Å²) in [5.41, 5.74) is -1.17. The van der Waals surface area contributed by atoms with Crippen LogP contribution in [0.3, 0.4) is 0 Å². The minimum absolute atomic E-state index is 0.0102. The highest BCUT2D eigenvalue weighted by molar-refractivity contribution is 6.01. The molecule has 0 radical (unpaired) electrons. The van der Waals surface area contributed by atoms with Gasteiger partial charge in [0.15, 0.2) is 5.78 Å². The first-order chi connectivity index (χ1) is 21.8. The van der Waals surface area contributed by atoms with E-state index < -0.39 is 59.9 Å². The minimum atomic E-state index is -1.49. The fourth-order valence-electron chi connectivity index (χ4n) is 3.43. The van der Waals surface area contributed by atoms with Crippen molar-refractivity contribution in [2.75, 3.05) is 46.1 Å². The summed E-state index contributed by atoms with van der Waals surface area (Å²) in [5, 5.41) is 14.7. The number of carbonyl (C=O) groups excluding carboxylic acids is 7. The quantitative estimate of drug-likeness (QED) is 0.0377. The maximum Gasteiger partial charge on any atom is 0.330 e. The highest BCUT2D eigenvalue weighted by Gasteiger charge is 2.25. The van der Waals surface area contributed by atoms with Crippen LogP contribution < -0.4 is 15.4 Å². The number of nitrogens with one attached hydrogen (secondary N) is 2. The molecule has 0 aliphatic carbocycles. The van der Waals surface area contributed by atoms with E-state index in [4.69, 9.17) is 18.9 Å². The Balaban J connectivity index is 2.04. The van der Waals surface area contributed by atoms with E-state index in [9.17, 15) is 38.7 Å². The second-order valence-corrected chi connectivity index (χ2v) is 10.2. The van der Waals surface area contributed by atoms with Crippen molar-refractivity contribution in [3.8, 4) is 5.75 Å². The molecule has 1 rings (SSSR count). The number of hydrogen-bond acceptors (Lipinski definition) is 13. The predicted octanol–water partition coefficient (Wildman–Crippen LogP) is 0.951. The molecule has 0 aromatic heterocycles. The first-order valence-corrected chi connectivity index (χ1v) is 14.6. The standard InChI is InChI=1S/C31H42N2O13/c1-4-26(36)44-18-19-45-27(37)8-6-5-7-15-43-28(38)20-24(34)32-13-14-33-25(35)21-29(39)46-17-16-42-23-11-9-22(10-12-23)30(40)31(2,3)41/h4,9-12,41H,1,5-8,13-21H2,2-3H3,(H,32,34)(H,33,35). The fourth-order valence-corrected chi connectivity index (χ4v) is 3.43. The van der Waals surface area contributed by atoms with E-state index in [-0.39, 0.29) is 52.5 Å². The Hall–Kier alpha value is -4.79. The van der Waals surface area contributed by atoms with Crippen LogP contribution in [0.15, 0.2) is 36.9 Å². The maximum absolute atomic E-state index is 12.0. The van der Waals surface area contributed by atoms with Crippen molar-refractivity contribution in [2.45, 2.75) is 58.0 Å². The Kier molecular flexibility index (Phi) is 18.6. The zero-order chi connectivity index (χ0) is 34.4. The number of benzene rings is 1. The number of carbonyl (C=O) groups is 7. The molecule has 0 saturated heterocycles. The lowest BCUT2D eigenvalue weighted by molar-refractivity contribution is -0.150. The molecule has 0 aliphatic heterocycles. The van der Waals surface area contributed by atoms with Crippen molar-refractivity contribution >= 4 is 41.5 Å². The third-order valence-corrected chi connectivity index (χ3v) is 5.71. The van der Waals surface area contributed by atoms with Crippen LogP contribution in [-0.4, -0.2) is 98.3 Å². The fraction of sp³-hybridized carbons (Fsp3) is 0.516. The number of rotatable bonds is 23. The minimum Gasteiger partial charge on any atom is -0.490 e. The van der Waals surface area contributed by atoms with Gasteiger partial charge in [-0.3, -0.25) is 28.8 Å². The Bertz CT molecular complexity index is 1190. The van der Waals surface area contributed by atoms with Crippen LogP contribution in [0.4, 0.5) is 0 Å². The Morgan fingerprint density at radius 1 is 0.717 bits per heavy atom. The van der Waals surface area contributed by atoms with E-state index >= 15 is 0 Å². The van der Waals surface area contributed by atoms with E-state index in [1.54, 1.807) is 12.1 Å². The number of hydrogen-bond donors (Lipinski definition) is 3. The lowest BCUT2D eigenvalue weighted by Crippen LogP contribution is -2.36. The van der Waals surface area contributed by atoms with E-state index in [1.807, 2.05) is 0 Å². The first-order valence-electron chi connectivity index (χ1n) is 14.6. The van der Waals surface area contributed by atoms with Crippen LogP contribution in [0.5, 0.6) is 5.75 Å². The molecule has 15 heteroatoms. The normalized spacial score (nSPS) is 10.6. The number of esters is 4. The van der Waals surface area contributed by atoms with Crippen LogP contribution in [0, 0.1) is 0 Å². The third kappa shape index (κ3) is 18.8. The largest absolute Gasteiger partial charge is 0.490 e. The van der Waals surface area contributed by atoms with Crippen LogP contribution in [0.25, 0.3) is 0 Å². The number of ether oxygens (including phenoxy) is 5. The summed E-state index contributed by atoms with van der Waals surface area (Å²) in [6.45, 7) is 5.94. The van der Waals surface area contributed by atoms with Gasteiger partial charge in [0, 0.05) is 31.1 Å². The van der Waals surface area contributed by atoms with Gasteiger partial charge in [-0.05, 0) is 57.4 Å². The van der Waals surface area contributed by atoms with Crippen molar-refractivity contribution in [1.82, 2.24) is 10.6 Å². The molecule has 3 N–H and O–H groups in total. The first kappa shape index (κ1) is 39.2. The molecule has 0 bridgehead atoms. The van der Waals surface area contributed by atoms with Crippen molar-refractivity contribution in [1.29, 1.82) is 0 Å². The maximum atomic E-state index is 12.0. The molecule has 0 heterocycles. The van der Waals surface area contributed by atoms with E-state index in [2.05, 4.69) is 21.9 Å². The molecular weight excluding hydrogens is 608 g/mol. The van der Waals surface area contributed by atoms with Crippen molar-refractivity contribution < 1.29 is 62.4 Å². The molecule has 0 aliphatic rings. The summed E-state index contributed by atoms with van der Waals surface area (Å²) >= 11 is 0. The van der Waals surface area contributed by atoms with Crippen LogP contribution in [0.1, 0.15) is 62.7 Å². The molecule has 15 nitrogen and oxygen atoms in total. The second-order valence-electron chi connectivity index (χ2n) is 10.2. The molecule has 0 spiro atoms. The molecule has 254 valence electrons. The molecule has 1 aromatic carbocycles. The van der Waals surface area contributed by atoms with Crippen LogP contribution >= 0.6 is 0 Å². The van der Waals surface area contributed by atoms with Gasteiger partial charge < -0.3 is 39.4 Å². The number of aliphatic hydroxyl groups is 1. The molecule has 0 atom stereocenters. The third-order valence-electron chi connectivity index (χ3n) is 5.71. The number of unbranched alkanes of at least 4 members (excludes halogenated alkanes) is 2. The molecule has 1 aromatic rings. The molecular formula is C31H42N2O13. The topological polar surface area (TPSA) is 210 Å². The average Bonchev–Trinajstić information content (AvgIpc) is 3.00. The molecule has 46 heavy (non-hydrogen) atoms. The van der Waals surface area contributed by atoms with Gasteiger partial charge in [0.05, 0.1) is 6.61 Å². The summed E-state index contributed by atoms with van der Waals surface area (Å²) in [4.78, 5) is 81.8. The lowest BCUT2D eigenvalue weighted by Gasteiger charge is -2.15. The molecule has 0 unspecified atom stereocenters. The SMILES string of the molecule is C=CC(=O)OCCOC(=O)CCCCCOC(=O)CC(=O)NCCNC(=O)CC(=O)OCCOc1ccc(C(=O)C(C)(C)O)cc1. The summed E-state index contributed by atoms with van der Waals surface area (Å²) in [5.74, 6) is -3.76. The number of ketones is 1. The molecule has 2 amide bonds.